The molecular weight excluding hydrogens is 294 g/mol. The molecule has 1 amide bonds. The van der Waals surface area contributed by atoms with E-state index in [1.165, 1.54) is 5.56 Å². The summed E-state index contributed by atoms with van der Waals surface area (Å²) in [5.41, 5.74) is 8.93. The molecule has 0 unspecified atom stereocenters. The molecule has 116 valence electrons. The van der Waals surface area contributed by atoms with Crippen LogP contribution < -0.4 is 5.73 Å². The zero-order valence-electron chi connectivity index (χ0n) is 12.8. The topological polar surface area (TPSA) is 59.2 Å². The zero-order valence-corrected chi connectivity index (χ0v) is 13.6. The molecule has 3 rings (SSSR count). The zero-order chi connectivity index (χ0) is 15.5. The fourth-order valence-corrected chi connectivity index (χ4v) is 3.69. The molecule has 1 aromatic carbocycles. The number of primary amides is 1. The summed E-state index contributed by atoms with van der Waals surface area (Å²) in [5.74, 6) is -0.188. The van der Waals surface area contributed by atoms with Gasteiger partial charge in [-0.3, -0.25) is 9.69 Å². The Labute approximate surface area is 135 Å². The van der Waals surface area contributed by atoms with E-state index in [1.54, 1.807) is 11.3 Å². The molecular formula is C17H21N3OS. The molecule has 2 aromatic rings. The molecule has 0 aliphatic carbocycles. The van der Waals surface area contributed by atoms with Crippen LogP contribution in [0, 0.1) is 12.8 Å². The van der Waals surface area contributed by atoms with Crippen molar-refractivity contribution in [2.75, 3.05) is 13.1 Å². The first-order valence-corrected chi connectivity index (χ1v) is 8.53. The van der Waals surface area contributed by atoms with E-state index >= 15 is 0 Å². The summed E-state index contributed by atoms with van der Waals surface area (Å²) in [7, 11) is 0. The third-order valence-corrected chi connectivity index (χ3v) is 5.08. The summed E-state index contributed by atoms with van der Waals surface area (Å²) in [5, 5.41) is 3.17. The Balaban J connectivity index is 1.66. The number of nitrogens with two attached hydrogens (primary N) is 1. The number of aromatic nitrogens is 1. The number of aryl methyl sites for hydroxylation is 1. The molecule has 1 aliphatic heterocycles. The van der Waals surface area contributed by atoms with Gasteiger partial charge in [0.1, 0.15) is 5.01 Å². The molecule has 5 heteroatoms. The van der Waals surface area contributed by atoms with Gasteiger partial charge in [0.05, 0.1) is 11.6 Å². The van der Waals surface area contributed by atoms with Crippen LogP contribution in [0.15, 0.2) is 29.6 Å². The van der Waals surface area contributed by atoms with E-state index in [-0.39, 0.29) is 11.8 Å². The van der Waals surface area contributed by atoms with Gasteiger partial charge in [-0.05, 0) is 26.3 Å². The third-order valence-electron chi connectivity index (χ3n) is 4.14. The quantitative estimate of drug-likeness (QED) is 0.944. The number of rotatable bonds is 4. The number of amides is 1. The molecule has 2 heterocycles. The lowest BCUT2D eigenvalue weighted by molar-refractivity contribution is -0.123. The number of carbonyl (C=O) groups excluding carboxylic acids is 1. The van der Waals surface area contributed by atoms with Gasteiger partial charge in [-0.1, -0.05) is 29.8 Å². The molecule has 0 bridgehead atoms. The predicted molar refractivity (Wildman–Crippen MR) is 89.5 cm³/mol. The van der Waals surface area contributed by atoms with Crippen LogP contribution in [-0.4, -0.2) is 28.9 Å². The smallest absolute Gasteiger partial charge is 0.221 e. The summed E-state index contributed by atoms with van der Waals surface area (Å²) in [6.45, 7) is 4.66. The Morgan fingerprint density at radius 3 is 2.91 bits per heavy atom. The van der Waals surface area contributed by atoms with Gasteiger partial charge in [0.2, 0.25) is 5.91 Å². The summed E-state index contributed by atoms with van der Waals surface area (Å²) < 4.78 is 0. The van der Waals surface area contributed by atoms with E-state index in [0.717, 1.165) is 48.7 Å². The molecule has 1 saturated heterocycles. The average Bonchev–Trinajstić information content (AvgIpc) is 2.96. The molecule has 22 heavy (non-hydrogen) atoms. The minimum atomic E-state index is -0.177. The number of piperidine rings is 1. The van der Waals surface area contributed by atoms with Crippen molar-refractivity contribution in [3.8, 4) is 10.6 Å². The van der Waals surface area contributed by atoms with Crippen molar-refractivity contribution < 1.29 is 4.79 Å². The largest absolute Gasteiger partial charge is 0.369 e. The average molecular weight is 315 g/mol. The maximum atomic E-state index is 11.4. The molecule has 1 atom stereocenters. The van der Waals surface area contributed by atoms with Crippen LogP contribution in [0.1, 0.15) is 24.1 Å². The van der Waals surface area contributed by atoms with Gasteiger partial charge in [-0.15, -0.1) is 11.3 Å². The number of thiazole rings is 1. The summed E-state index contributed by atoms with van der Waals surface area (Å²) >= 11 is 1.67. The molecule has 0 radical (unpaired) electrons. The lowest BCUT2D eigenvalue weighted by Crippen LogP contribution is -2.40. The minimum absolute atomic E-state index is 0.0102. The van der Waals surface area contributed by atoms with Gasteiger partial charge in [0, 0.05) is 24.0 Å². The lowest BCUT2D eigenvalue weighted by atomic mass is 9.97. The number of benzene rings is 1. The van der Waals surface area contributed by atoms with Gasteiger partial charge < -0.3 is 5.73 Å². The SMILES string of the molecule is Cc1ccc(-c2nc(CN3CCC[C@H](C(N)=O)C3)cs2)cc1. The van der Waals surface area contributed by atoms with Crippen molar-refractivity contribution >= 4 is 17.2 Å². The van der Waals surface area contributed by atoms with Crippen LogP contribution in [-0.2, 0) is 11.3 Å². The van der Waals surface area contributed by atoms with Crippen molar-refractivity contribution in [1.29, 1.82) is 0 Å². The van der Waals surface area contributed by atoms with Gasteiger partial charge in [0.25, 0.3) is 0 Å². The standard InChI is InChI=1S/C17H21N3OS/c1-12-4-6-13(7-5-12)17-19-15(11-22-17)10-20-8-2-3-14(9-20)16(18)21/h4-7,11,14H,2-3,8-10H2,1H3,(H2,18,21)/t14-/m0/s1. The Hall–Kier alpha value is -1.72. The first kappa shape index (κ1) is 15.2. The molecule has 0 spiro atoms. The summed E-state index contributed by atoms with van der Waals surface area (Å²) in [6.07, 6.45) is 1.94. The number of likely N-dealkylation sites (tertiary alicyclic amines) is 1. The van der Waals surface area contributed by atoms with Crippen molar-refractivity contribution in [2.45, 2.75) is 26.3 Å². The van der Waals surface area contributed by atoms with Gasteiger partial charge in [-0.2, -0.15) is 0 Å². The number of hydrogen-bond acceptors (Lipinski definition) is 4. The first-order valence-electron chi connectivity index (χ1n) is 7.65. The maximum absolute atomic E-state index is 11.4. The van der Waals surface area contributed by atoms with Crippen molar-refractivity contribution in [1.82, 2.24) is 9.88 Å². The predicted octanol–water partition coefficient (Wildman–Crippen LogP) is 2.82. The highest BCUT2D eigenvalue weighted by Crippen LogP contribution is 2.25. The Kier molecular flexibility index (Phi) is 4.55. The van der Waals surface area contributed by atoms with Crippen LogP contribution >= 0.6 is 11.3 Å². The fourth-order valence-electron chi connectivity index (χ4n) is 2.87. The minimum Gasteiger partial charge on any atom is -0.369 e. The van der Waals surface area contributed by atoms with Crippen molar-refractivity contribution in [3.05, 3.63) is 40.9 Å². The van der Waals surface area contributed by atoms with Crippen LogP contribution in [0.4, 0.5) is 0 Å². The highest BCUT2D eigenvalue weighted by molar-refractivity contribution is 7.13. The summed E-state index contributed by atoms with van der Waals surface area (Å²) in [6, 6.07) is 8.45. The molecule has 4 nitrogen and oxygen atoms in total. The Morgan fingerprint density at radius 2 is 2.18 bits per heavy atom. The van der Waals surface area contributed by atoms with Crippen LogP contribution in [0.25, 0.3) is 10.6 Å². The van der Waals surface area contributed by atoms with E-state index < -0.39 is 0 Å². The van der Waals surface area contributed by atoms with E-state index in [9.17, 15) is 4.79 Å². The number of hydrogen-bond donors (Lipinski definition) is 1. The van der Waals surface area contributed by atoms with Crippen molar-refractivity contribution in [2.24, 2.45) is 11.7 Å². The second kappa shape index (κ2) is 6.58. The first-order chi connectivity index (χ1) is 10.6. The molecule has 1 aliphatic rings. The monoisotopic (exact) mass is 315 g/mol. The van der Waals surface area contributed by atoms with E-state index in [4.69, 9.17) is 10.7 Å². The second-order valence-corrected chi connectivity index (χ2v) is 6.84. The van der Waals surface area contributed by atoms with Gasteiger partial charge in [-0.25, -0.2) is 4.98 Å². The molecule has 2 N–H and O–H groups in total. The van der Waals surface area contributed by atoms with Crippen LogP contribution in [0.2, 0.25) is 0 Å². The van der Waals surface area contributed by atoms with E-state index in [1.807, 2.05) is 0 Å². The second-order valence-electron chi connectivity index (χ2n) is 5.99. The van der Waals surface area contributed by atoms with Gasteiger partial charge >= 0.3 is 0 Å². The van der Waals surface area contributed by atoms with E-state index in [2.05, 4.69) is 41.5 Å². The lowest BCUT2D eigenvalue weighted by Gasteiger charge is -2.30. The fraction of sp³-hybridized carbons (Fsp3) is 0.412. The highest BCUT2D eigenvalue weighted by Gasteiger charge is 2.24. The molecule has 1 aromatic heterocycles. The highest BCUT2D eigenvalue weighted by atomic mass is 32.1. The number of nitrogens with zero attached hydrogens (tertiary/aromatic N) is 2. The molecule has 1 fully saturated rings. The summed E-state index contributed by atoms with van der Waals surface area (Å²) in [4.78, 5) is 18.4. The maximum Gasteiger partial charge on any atom is 0.221 e. The Bertz CT molecular complexity index is 650. The van der Waals surface area contributed by atoms with Gasteiger partial charge in [0.15, 0.2) is 0 Å². The number of carbonyl (C=O) groups is 1. The Morgan fingerprint density at radius 1 is 1.41 bits per heavy atom. The molecule has 0 saturated carbocycles. The van der Waals surface area contributed by atoms with Crippen LogP contribution in [0.5, 0.6) is 0 Å². The van der Waals surface area contributed by atoms with E-state index in [0.29, 0.717) is 0 Å². The third kappa shape index (κ3) is 3.54. The normalized spacial score (nSPS) is 19.2. The van der Waals surface area contributed by atoms with Crippen LogP contribution in [0.3, 0.4) is 0 Å². The van der Waals surface area contributed by atoms with Crippen molar-refractivity contribution in [3.63, 3.8) is 0 Å².